The van der Waals surface area contributed by atoms with Gasteiger partial charge in [0.05, 0.1) is 18.1 Å². The molecular formula is C34H41F2N5O3. The number of hydrogen-bond donors (Lipinski definition) is 2. The lowest BCUT2D eigenvalue weighted by Crippen LogP contribution is -2.38. The van der Waals surface area contributed by atoms with Crippen LogP contribution in [0.15, 0.2) is 18.3 Å². The molecule has 2 bridgehead atoms. The molecule has 2 aliphatic carbocycles. The normalized spacial score (nSPS) is 25.6. The summed E-state index contributed by atoms with van der Waals surface area (Å²) >= 11 is 0. The predicted octanol–water partition coefficient (Wildman–Crippen LogP) is 3.94. The average molecular weight is 606 g/mol. The summed E-state index contributed by atoms with van der Waals surface area (Å²) in [5.74, 6) is 0.291. The maximum absolute atomic E-state index is 16.7. The van der Waals surface area contributed by atoms with Crippen LogP contribution >= 0.6 is 0 Å². The van der Waals surface area contributed by atoms with Crippen LogP contribution < -0.4 is 20.1 Å². The zero-order valence-electron chi connectivity index (χ0n) is 25.5. The summed E-state index contributed by atoms with van der Waals surface area (Å²) in [7, 11) is 0. The molecule has 0 spiro atoms. The number of hydrogen-bond acceptors (Lipinski definition) is 8. The largest absolute Gasteiger partial charge is 0.508 e. The Bertz CT molecular complexity index is 1700. The maximum atomic E-state index is 16.7. The number of fused-ring (bicyclic) bond motifs is 3. The molecule has 0 radical (unpaired) electrons. The number of aromatic hydroxyl groups is 1. The zero-order valence-corrected chi connectivity index (χ0v) is 25.5. The Morgan fingerprint density at radius 2 is 1.95 bits per heavy atom. The minimum Gasteiger partial charge on any atom is -0.508 e. The van der Waals surface area contributed by atoms with Crippen LogP contribution in [0.3, 0.4) is 0 Å². The molecule has 4 aliphatic rings. The number of anilines is 1. The minimum absolute atomic E-state index is 0.0169. The van der Waals surface area contributed by atoms with E-state index in [0.717, 1.165) is 45.3 Å². The van der Waals surface area contributed by atoms with E-state index in [0.29, 0.717) is 58.4 Å². The van der Waals surface area contributed by atoms with Crippen LogP contribution in [0.25, 0.3) is 33.8 Å². The topological polar surface area (TPSA) is 94.8 Å². The molecule has 4 heterocycles. The number of phenolic OH excluding ortho intramolecular Hbond substituents is 1. The standard InChI is InChI=1S/C34H41F2N5O3/c1-3-22-12-24(42)13-25(28(22)20(2)14-35)30-29(36)31-26(15-37-30)32(41-16-21-10-23(17-41)27(43)11-21)39-33(38-31)44-19-34(6-7-34)18-40-8-4-5-9-40/h3,12-13,15,21,23,27,42-43H,4-11,14,16-19H2,1-2H3/b22-3-,28-20+/t21-,23-,27-/m1/s1. The first-order valence-corrected chi connectivity index (χ1v) is 16.0. The number of piperidine rings is 1. The summed E-state index contributed by atoms with van der Waals surface area (Å²) in [6, 6.07) is 3.09. The summed E-state index contributed by atoms with van der Waals surface area (Å²) < 4.78 is 37.0. The van der Waals surface area contributed by atoms with Crippen molar-refractivity contribution < 1.29 is 23.7 Å². The van der Waals surface area contributed by atoms with E-state index < -0.39 is 12.5 Å². The molecule has 2 aromatic heterocycles. The zero-order chi connectivity index (χ0) is 30.6. The smallest absolute Gasteiger partial charge is 0.319 e. The monoisotopic (exact) mass is 605 g/mol. The molecule has 2 saturated carbocycles. The van der Waals surface area contributed by atoms with E-state index in [1.807, 2.05) is 0 Å². The van der Waals surface area contributed by atoms with E-state index in [-0.39, 0.29) is 40.4 Å². The number of ether oxygens (including phenoxy) is 1. The van der Waals surface area contributed by atoms with E-state index in [1.165, 1.54) is 25.0 Å². The molecule has 7 rings (SSSR count). The molecule has 2 aliphatic heterocycles. The van der Waals surface area contributed by atoms with Crippen molar-refractivity contribution in [3.8, 4) is 23.0 Å². The number of alkyl halides is 1. The fourth-order valence-corrected chi connectivity index (χ4v) is 7.68. The molecule has 0 amide bonds. The number of phenols is 1. The Balaban J connectivity index is 1.33. The quantitative estimate of drug-likeness (QED) is 0.399. The van der Waals surface area contributed by atoms with E-state index in [1.54, 1.807) is 26.1 Å². The van der Waals surface area contributed by atoms with Crippen LogP contribution in [-0.4, -0.2) is 82.2 Å². The molecule has 3 aromatic rings. The van der Waals surface area contributed by atoms with Crippen LogP contribution in [-0.2, 0) is 0 Å². The van der Waals surface area contributed by atoms with Gasteiger partial charge in [-0.1, -0.05) is 6.08 Å². The molecule has 1 aromatic carbocycles. The number of aromatic nitrogens is 3. The molecular weight excluding hydrogens is 564 g/mol. The fraction of sp³-hybridized carbons (Fsp3) is 0.559. The first-order chi connectivity index (χ1) is 21.3. The van der Waals surface area contributed by atoms with Gasteiger partial charge in [-0.2, -0.15) is 9.97 Å². The van der Waals surface area contributed by atoms with E-state index >= 15 is 4.39 Å². The molecule has 8 nitrogen and oxygen atoms in total. The number of nitrogens with zero attached hydrogens (tertiary/aromatic N) is 5. The lowest BCUT2D eigenvalue weighted by atomic mass is 9.98. The highest BCUT2D eigenvalue weighted by Gasteiger charge is 2.45. The van der Waals surface area contributed by atoms with Crippen molar-refractivity contribution in [3.63, 3.8) is 0 Å². The number of halogens is 2. The molecule has 44 heavy (non-hydrogen) atoms. The number of benzene rings is 1. The first kappa shape index (κ1) is 29.3. The third-order valence-corrected chi connectivity index (χ3v) is 10.2. The number of pyridine rings is 1. The fourth-order valence-electron chi connectivity index (χ4n) is 7.68. The van der Waals surface area contributed by atoms with Crippen LogP contribution in [0, 0.1) is 23.1 Å². The van der Waals surface area contributed by atoms with Gasteiger partial charge in [0.15, 0.2) is 5.82 Å². The first-order valence-electron chi connectivity index (χ1n) is 16.0. The van der Waals surface area contributed by atoms with Crippen LogP contribution in [0.2, 0.25) is 0 Å². The second-order valence-electron chi connectivity index (χ2n) is 13.5. The Hall–Kier alpha value is -3.37. The molecule has 234 valence electrons. The summed E-state index contributed by atoms with van der Waals surface area (Å²) in [4.78, 5) is 18.6. The second kappa shape index (κ2) is 11.5. The van der Waals surface area contributed by atoms with Crippen LogP contribution in [0.4, 0.5) is 14.6 Å². The van der Waals surface area contributed by atoms with Gasteiger partial charge in [0.2, 0.25) is 0 Å². The Labute approximate surface area is 256 Å². The SMILES string of the molecule is C/C=c1/cc(O)cc(-c2ncc3c(N4C[C@@H]5C[C@H](C4)[C@H](O)C5)nc(OCC4(CN5CCCC5)CC4)nc3c2F)/c1=C(\C)CF. The van der Waals surface area contributed by atoms with E-state index in [9.17, 15) is 14.6 Å². The highest BCUT2D eigenvalue weighted by molar-refractivity contribution is 5.92. The second-order valence-corrected chi connectivity index (χ2v) is 13.5. The molecule has 0 unspecified atom stereocenters. The Morgan fingerprint density at radius 3 is 2.66 bits per heavy atom. The van der Waals surface area contributed by atoms with Crippen molar-refractivity contribution >= 4 is 28.4 Å². The predicted molar refractivity (Wildman–Crippen MR) is 166 cm³/mol. The Morgan fingerprint density at radius 1 is 1.16 bits per heavy atom. The molecule has 2 N–H and O–H groups in total. The lowest BCUT2D eigenvalue weighted by molar-refractivity contribution is 0.137. The highest BCUT2D eigenvalue weighted by Crippen LogP contribution is 2.47. The Kier molecular flexibility index (Phi) is 7.69. The molecule has 10 heteroatoms. The van der Waals surface area contributed by atoms with Gasteiger partial charge in [-0.25, -0.2) is 8.78 Å². The van der Waals surface area contributed by atoms with Crippen LogP contribution in [0.1, 0.15) is 52.4 Å². The van der Waals surface area contributed by atoms with E-state index in [2.05, 4.69) is 19.8 Å². The van der Waals surface area contributed by atoms with Crippen molar-refractivity contribution in [2.75, 3.05) is 50.9 Å². The number of aliphatic hydroxyl groups excluding tert-OH is 1. The van der Waals surface area contributed by atoms with Crippen molar-refractivity contribution in [1.29, 1.82) is 0 Å². The van der Waals surface area contributed by atoms with Gasteiger partial charge in [-0.15, -0.1) is 0 Å². The highest BCUT2D eigenvalue weighted by atomic mass is 19.1. The summed E-state index contributed by atoms with van der Waals surface area (Å²) in [6.45, 7) is 7.75. The van der Waals surface area contributed by atoms with Crippen molar-refractivity contribution in [2.24, 2.45) is 17.3 Å². The van der Waals surface area contributed by atoms with Gasteiger partial charge in [0.25, 0.3) is 0 Å². The van der Waals surface area contributed by atoms with Gasteiger partial charge < -0.3 is 24.7 Å². The molecule has 3 atom stereocenters. The van der Waals surface area contributed by atoms with Crippen molar-refractivity contribution in [2.45, 2.75) is 58.5 Å². The average Bonchev–Trinajstić information content (AvgIpc) is 3.49. The summed E-state index contributed by atoms with van der Waals surface area (Å²) in [5.41, 5.74) is 0.847. The van der Waals surface area contributed by atoms with Gasteiger partial charge in [0, 0.05) is 42.7 Å². The van der Waals surface area contributed by atoms with Gasteiger partial charge >= 0.3 is 6.01 Å². The van der Waals surface area contributed by atoms with E-state index in [4.69, 9.17) is 9.72 Å². The van der Waals surface area contributed by atoms with Crippen molar-refractivity contribution in [3.05, 3.63) is 34.6 Å². The molecule has 4 fully saturated rings. The summed E-state index contributed by atoms with van der Waals surface area (Å²) in [5, 5.41) is 22.7. The van der Waals surface area contributed by atoms with Gasteiger partial charge in [-0.05, 0) is 99.5 Å². The molecule has 2 saturated heterocycles. The number of aliphatic hydroxyl groups is 1. The third-order valence-electron chi connectivity index (χ3n) is 10.2. The van der Waals surface area contributed by atoms with Crippen molar-refractivity contribution in [1.82, 2.24) is 19.9 Å². The van der Waals surface area contributed by atoms with Gasteiger partial charge in [-0.3, -0.25) is 4.98 Å². The number of likely N-dealkylation sites (tertiary alicyclic amines) is 1. The maximum Gasteiger partial charge on any atom is 0.319 e. The minimum atomic E-state index is -0.722. The number of rotatable bonds is 8. The van der Waals surface area contributed by atoms with Crippen LogP contribution in [0.5, 0.6) is 11.8 Å². The lowest BCUT2D eigenvalue weighted by Gasteiger charge is -2.33. The third kappa shape index (κ3) is 5.40. The van der Waals surface area contributed by atoms with Gasteiger partial charge in [0.1, 0.15) is 29.5 Å². The summed E-state index contributed by atoms with van der Waals surface area (Å²) in [6.07, 6.45) is 9.35.